The summed E-state index contributed by atoms with van der Waals surface area (Å²) in [5, 5.41) is 8.06. The lowest BCUT2D eigenvalue weighted by atomic mass is 10.7. The zero-order valence-corrected chi connectivity index (χ0v) is 5.44. The van der Waals surface area contributed by atoms with Crippen LogP contribution in [0.3, 0.4) is 0 Å². The van der Waals surface area contributed by atoms with Crippen LogP contribution in [0.5, 0.6) is 0 Å². The molecule has 0 amide bonds. The van der Waals surface area contributed by atoms with Crippen molar-refractivity contribution in [3.63, 3.8) is 0 Å². The minimum atomic E-state index is -1.39. The first-order chi connectivity index (χ1) is 3.72. The monoisotopic (exact) mass is 135 g/mol. The van der Waals surface area contributed by atoms with Gasteiger partial charge in [0.1, 0.15) is 8.46 Å². The van der Waals surface area contributed by atoms with Gasteiger partial charge in [0.15, 0.2) is 5.45 Å². The molecule has 4 nitrogen and oxygen atoms in total. The third kappa shape index (κ3) is 1.89. The molecule has 0 aromatic heterocycles. The quantitative estimate of drug-likeness (QED) is 0.423. The molecule has 0 aliphatic heterocycles. The van der Waals surface area contributed by atoms with Gasteiger partial charge in [0.05, 0.1) is 0 Å². The van der Waals surface area contributed by atoms with Gasteiger partial charge >= 0.3 is 5.97 Å². The van der Waals surface area contributed by atoms with Crippen LogP contribution in [0.25, 0.3) is 0 Å². The standard InChI is InChI=1S/C3H6NO3P/c1-4-2(8-7)3(5)6/h8H2,1H3,(H,5,6). The smallest absolute Gasteiger partial charge is 0.357 e. The molecule has 1 unspecified atom stereocenters. The summed E-state index contributed by atoms with van der Waals surface area (Å²) >= 11 is 0. The Bertz CT molecular complexity index is 141. The second-order valence-electron chi connectivity index (χ2n) is 1.03. The van der Waals surface area contributed by atoms with Crippen LogP contribution >= 0.6 is 8.46 Å². The van der Waals surface area contributed by atoms with Gasteiger partial charge in [0.25, 0.3) is 0 Å². The predicted octanol–water partition coefficient (Wildman–Crippen LogP) is -0.144. The van der Waals surface area contributed by atoms with Crippen molar-refractivity contribution in [3.05, 3.63) is 0 Å². The maximum atomic E-state index is 9.87. The highest BCUT2D eigenvalue weighted by Crippen LogP contribution is 1.95. The summed E-state index contributed by atoms with van der Waals surface area (Å²) in [5.74, 6) is -1.20. The maximum Gasteiger partial charge on any atom is 0.357 e. The Labute approximate surface area is 47.4 Å². The summed E-state index contributed by atoms with van der Waals surface area (Å²) in [6.45, 7) is 0. The Kier molecular flexibility index (Phi) is 3.12. The average Bonchev–Trinajstić information content (AvgIpc) is 1.69. The summed E-state index contributed by atoms with van der Waals surface area (Å²) in [6, 6.07) is 0. The van der Waals surface area contributed by atoms with Crippen LogP contribution in [0.15, 0.2) is 4.99 Å². The molecule has 1 N–H and O–H groups in total. The first kappa shape index (κ1) is 7.37. The van der Waals surface area contributed by atoms with Crippen LogP contribution in [0.1, 0.15) is 0 Å². The average molecular weight is 135 g/mol. The molecule has 0 aromatic carbocycles. The zero-order valence-electron chi connectivity index (χ0n) is 4.29. The normalized spacial score (nSPS) is 12.9. The lowest BCUT2D eigenvalue weighted by molar-refractivity contribution is -0.129. The van der Waals surface area contributed by atoms with Crippen molar-refractivity contribution in [1.29, 1.82) is 0 Å². The van der Waals surface area contributed by atoms with Gasteiger partial charge in [0, 0.05) is 7.05 Å². The summed E-state index contributed by atoms with van der Waals surface area (Å²) in [6.07, 6.45) is 0. The fourth-order valence-electron chi connectivity index (χ4n) is 0.199. The van der Waals surface area contributed by atoms with Crippen molar-refractivity contribution in [2.24, 2.45) is 4.99 Å². The third-order valence-electron chi connectivity index (χ3n) is 0.572. The van der Waals surface area contributed by atoms with E-state index in [1.54, 1.807) is 0 Å². The zero-order chi connectivity index (χ0) is 6.57. The van der Waals surface area contributed by atoms with Crippen LogP contribution in [0.4, 0.5) is 0 Å². The van der Waals surface area contributed by atoms with E-state index in [9.17, 15) is 9.36 Å². The summed E-state index contributed by atoms with van der Waals surface area (Å²) in [4.78, 5) is 13.1. The minimum Gasteiger partial charge on any atom is -0.476 e. The van der Waals surface area contributed by atoms with Crippen molar-refractivity contribution in [3.8, 4) is 0 Å². The molecular weight excluding hydrogens is 129 g/mol. The van der Waals surface area contributed by atoms with Crippen LogP contribution in [-0.2, 0) is 9.36 Å². The Morgan fingerprint density at radius 1 is 1.75 bits per heavy atom. The molecule has 0 aliphatic carbocycles. The molecule has 1 atom stereocenters. The molecule has 8 heavy (non-hydrogen) atoms. The van der Waals surface area contributed by atoms with E-state index < -0.39 is 14.4 Å². The number of nitrogens with zero attached hydrogens (tertiary/aromatic N) is 1. The molecule has 0 saturated carbocycles. The van der Waals surface area contributed by atoms with Gasteiger partial charge in [-0.2, -0.15) is 0 Å². The molecule has 0 saturated heterocycles. The highest BCUT2D eigenvalue weighted by atomic mass is 31.1. The summed E-state index contributed by atoms with van der Waals surface area (Å²) in [7, 11) is -0.0947. The van der Waals surface area contributed by atoms with E-state index in [4.69, 9.17) is 5.11 Å². The topological polar surface area (TPSA) is 66.7 Å². The molecule has 46 valence electrons. The van der Waals surface area contributed by atoms with Crippen LogP contribution in [-0.4, -0.2) is 23.6 Å². The van der Waals surface area contributed by atoms with E-state index in [2.05, 4.69) is 4.99 Å². The van der Waals surface area contributed by atoms with Gasteiger partial charge in [-0.1, -0.05) is 0 Å². The van der Waals surface area contributed by atoms with Gasteiger partial charge in [0.2, 0.25) is 0 Å². The van der Waals surface area contributed by atoms with Gasteiger partial charge < -0.3 is 9.67 Å². The Morgan fingerprint density at radius 2 is 2.25 bits per heavy atom. The number of carboxylic acid groups (broad SMARTS) is 1. The summed E-state index contributed by atoms with van der Waals surface area (Å²) in [5.41, 5.74) is -0.245. The molecule has 0 aromatic rings. The second-order valence-corrected chi connectivity index (χ2v) is 1.81. The third-order valence-corrected chi connectivity index (χ3v) is 1.30. The van der Waals surface area contributed by atoms with Crippen molar-refractivity contribution in [2.45, 2.75) is 0 Å². The Balaban J connectivity index is 4.13. The summed E-state index contributed by atoms with van der Waals surface area (Å²) < 4.78 is 9.87. The van der Waals surface area contributed by atoms with Crippen molar-refractivity contribution in [2.75, 3.05) is 7.05 Å². The van der Waals surface area contributed by atoms with Gasteiger partial charge in [-0.15, -0.1) is 0 Å². The Morgan fingerprint density at radius 3 is 2.25 bits per heavy atom. The van der Waals surface area contributed by atoms with Crippen LogP contribution < -0.4 is 0 Å². The number of hydrogen-bond acceptors (Lipinski definition) is 3. The van der Waals surface area contributed by atoms with E-state index in [1.807, 2.05) is 0 Å². The molecule has 5 heteroatoms. The molecular formula is C3H6NO3P. The molecule has 0 heterocycles. The van der Waals surface area contributed by atoms with E-state index in [0.29, 0.717) is 0 Å². The number of aliphatic imine (C=N–C) groups is 1. The fourth-order valence-corrected chi connectivity index (χ4v) is 0.405. The van der Waals surface area contributed by atoms with E-state index in [-0.39, 0.29) is 5.45 Å². The fraction of sp³-hybridized carbons (Fsp3) is 0.333. The first-order valence-corrected chi connectivity index (χ1v) is 2.92. The van der Waals surface area contributed by atoms with Crippen molar-refractivity contribution < 1.29 is 14.5 Å². The van der Waals surface area contributed by atoms with E-state index >= 15 is 0 Å². The highest BCUT2D eigenvalue weighted by Gasteiger charge is 2.02. The minimum absolute atomic E-state index is 0.245. The lowest BCUT2D eigenvalue weighted by Gasteiger charge is -1.83. The molecule has 0 spiro atoms. The number of rotatable bonds is 2. The molecule has 0 fully saturated rings. The van der Waals surface area contributed by atoms with Gasteiger partial charge in [-0.3, -0.25) is 4.99 Å². The van der Waals surface area contributed by atoms with E-state index in [0.717, 1.165) is 0 Å². The number of hydrogen-bond donors (Lipinski definition) is 1. The van der Waals surface area contributed by atoms with E-state index in [1.165, 1.54) is 7.05 Å². The first-order valence-electron chi connectivity index (χ1n) is 1.87. The maximum absolute atomic E-state index is 9.87. The van der Waals surface area contributed by atoms with Gasteiger partial charge in [-0.05, 0) is 0 Å². The molecule has 0 radical (unpaired) electrons. The van der Waals surface area contributed by atoms with Crippen molar-refractivity contribution >= 4 is 19.9 Å². The second kappa shape index (κ2) is 3.38. The van der Waals surface area contributed by atoms with Crippen LogP contribution in [0.2, 0.25) is 0 Å². The SMILES string of the molecule is CN=C([PH2]=O)C(=O)O. The number of carboxylic acids is 1. The Hall–Kier alpha value is -0.630. The molecule has 0 aliphatic rings. The highest BCUT2D eigenvalue weighted by molar-refractivity contribution is 7.51. The molecule has 0 rings (SSSR count). The van der Waals surface area contributed by atoms with Crippen LogP contribution in [0, 0.1) is 0 Å². The lowest BCUT2D eigenvalue weighted by Crippen LogP contribution is -2.04. The predicted molar refractivity (Wildman–Crippen MR) is 31.4 cm³/mol. The number of aliphatic carboxylic acids is 1. The molecule has 0 bridgehead atoms. The van der Waals surface area contributed by atoms with Crippen molar-refractivity contribution in [1.82, 2.24) is 0 Å². The number of carbonyl (C=O) groups is 1. The largest absolute Gasteiger partial charge is 0.476 e. The van der Waals surface area contributed by atoms with Gasteiger partial charge in [-0.25, -0.2) is 4.79 Å².